The van der Waals surface area contributed by atoms with Crippen LogP contribution < -0.4 is 16.6 Å². The lowest BCUT2D eigenvalue weighted by Gasteiger charge is -2.09. The molecule has 1 amide bonds. The largest absolute Gasteiger partial charge is 0.467 e. The molecular formula is C16H11Cl2N3O4. The van der Waals surface area contributed by atoms with Crippen molar-refractivity contribution in [2.24, 2.45) is 0 Å². The Morgan fingerprint density at radius 2 is 2.04 bits per heavy atom. The summed E-state index contributed by atoms with van der Waals surface area (Å²) in [6.07, 6.45) is 2.48. The van der Waals surface area contributed by atoms with Crippen LogP contribution in [0.1, 0.15) is 16.1 Å². The summed E-state index contributed by atoms with van der Waals surface area (Å²) in [5.41, 5.74) is -1.40. The van der Waals surface area contributed by atoms with Gasteiger partial charge in [0.15, 0.2) is 0 Å². The van der Waals surface area contributed by atoms with Gasteiger partial charge in [-0.3, -0.25) is 14.2 Å². The van der Waals surface area contributed by atoms with Crippen molar-refractivity contribution in [1.29, 1.82) is 0 Å². The molecule has 0 aliphatic rings. The number of hydrogen-bond donors (Lipinski definition) is 2. The summed E-state index contributed by atoms with van der Waals surface area (Å²) in [6, 6.07) is 7.78. The zero-order chi connectivity index (χ0) is 18.0. The van der Waals surface area contributed by atoms with Crippen LogP contribution in [0.5, 0.6) is 0 Å². The number of amides is 1. The number of halogens is 2. The molecule has 0 saturated carbocycles. The molecule has 1 aromatic carbocycles. The molecule has 0 bridgehead atoms. The Balaban J connectivity index is 1.94. The average Bonchev–Trinajstić information content (AvgIpc) is 3.08. The fourth-order valence-corrected chi connectivity index (χ4v) is 2.50. The molecule has 0 radical (unpaired) electrons. The highest BCUT2D eigenvalue weighted by atomic mass is 35.5. The molecule has 0 unspecified atom stereocenters. The number of carbonyl (C=O) groups is 1. The number of furan rings is 1. The van der Waals surface area contributed by atoms with Gasteiger partial charge in [0.25, 0.3) is 11.5 Å². The normalized spacial score (nSPS) is 10.6. The smallest absolute Gasteiger partial charge is 0.328 e. The third-order valence-electron chi connectivity index (χ3n) is 3.38. The number of anilines is 1. The van der Waals surface area contributed by atoms with Gasteiger partial charge in [-0.1, -0.05) is 23.2 Å². The van der Waals surface area contributed by atoms with Crippen molar-refractivity contribution < 1.29 is 9.21 Å². The summed E-state index contributed by atoms with van der Waals surface area (Å²) in [6.45, 7) is -0.0970. The number of H-pyrrole nitrogens is 1. The summed E-state index contributed by atoms with van der Waals surface area (Å²) in [5.74, 6) is -0.318. The van der Waals surface area contributed by atoms with E-state index in [-0.39, 0.29) is 22.8 Å². The lowest BCUT2D eigenvalue weighted by molar-refractivity contribution is 0.102. The summed E-state index contributed by atoms with van der Waals surface area (Å²) in [4.78, 5) is 39.1. The van der Waals surface area contributed by atoms with Crippen LogP contribution in [0.3, 0.4) is 0 Å². The van der Waals surface area contributed by atoms with Gasteiger partial charge in [0.1, 0.15) is 11.3 Å². The van der Waals surface area contributed by atoms with Crippen molar-refractivity contribution in [3.8, 4) is 0 Å². The monoisotopic (exact) mass is 379 g/mol. The number of nitrogens with one attached hydrogen (secondary N) is 2. The highest BCUT2D eigenvalue weighted by Crippen LogP contribution is 2.25. The van der Waals surface area contributed by atoms with E-state index in [2.05, 4.69) is 10.3 Å². The number of benzene rings is 1. The van der Waals surface area contributed by atoms with Crippen LogP contribution >= 0.6 is 23.2 Å². The number of aromatic nitrogens is 2. The van der Waals surface area contributed by atoms with Crippen LogP contribution in [-0.4, -0.2) is 15.5 Å². The van der Waals surface area contributed by atoms with Gasteiger partial charge >= 0.3 is 5.69 Å². The molecule has 3 aromatic rings. The first-order valence-electron chi connectivity index (χ1n) is 7.07. The van der Waals surface area contributed by atoms with Crippen LogP contribution in [-0.2, 0) is 6.54 Å². The van der Waals surface area contributed by atoms with Gasteiger partial charge in [-0.15, -0.1) is 0 Å². The first-order chi connectivity index (χ1) is 12.0. The molecule has 2 heterocycles. The van der Waals surface area contributed by atoms with E-state index in [4.69, 9.17) is 27.6 Å². The fraction of sp³-hybridized carbons (Fsp3) is 0.0625. The van der Waals surface area contributed by atoms with Crippen molar-refractivity contribution in [2.75, 3.05) is 5.32 Å². The number of rotatable bonds is 4. The SMILES string of the molecule is O=C(Nc1cc(Cl)ccc1Cl)c1c[nH]c(=O)n(Cc2ccco2)c1=O. The molecule has 2 N–H and O–H groups in total. The second kappa shape index (κ2) is 7.00. The molecule has 9 heteroatoms. The van der Waals surface area contributed by atoms with Gasteiger partial charge in [-0.2, -0.15) is 0 Å². The lowest BCUT2D eigenvalue weighted by atomic mass is 10.2. The fourth-order valence-electron chi connectivity index (χ4n) is 2.16. The molecular weight excluding hydrogens is 369 g/mol. The van der Waals surface area contributed by atoms with E-state index in [0.29, 0.717) is 10.8 Å². The summed E-state index contributed by atoms with van der Waals surface area (Å²) >= 11 is 11.9. The molecule has 0 fully saturated rings. The predicted molar refractivity (Wildman–Crippen MR) is 93.5 cm³/mol. The maximum absolute atomic E-state index is 12.5. The Morgan fingerprint density at radius 3 is 2.76 bits per heavy atom. The molecule has 2 aromatic heterocycles. The minimum Gasteiger partial charge on any atom is -0.467 e. The molecule has 128 valence electrons. The number of nitrogens with zero attached hydrogens (tertiary/aromatic N) is 1. The van der Waals surface area contributed by atoms with Crippen LogP contribution in [0, 0.1) is 0 Å². The van der Waals surface area contributed by atoms with Crippen LogP contribution in [0.4, 0.5) is 5.69 Å². The average molecular weight is 380 g/mol. The quantitative estimate of drug-likeness (QED) is 0.727. The minimum atomic E-state index is -0.754. The molecule has 0 atom stereocenters. The predicted octanol–water partition coefficient (Wildman–Crippen LogP) is 2.74. The lowest BCUT2D eigenvalue weighted by Crippen LogP contribution is -2.39. The molecule has 7 nitrogen and oxygen atoms in total. The summed E-state index contributed by atoms with van der Waals surface area (Å²) in [5, 5.41) is 3.13. The zero-order valence-corrected chi connectivity index (χ0v) is 14.1. The Bertz CT molecular complexity index is 1040. The first kappa shape index (κ1) is 17.1. The van der Waals surface area contributed by atoms with Gasteiger partial charge in [0, 0.05) is 11.2 Å². The van der Waals surface area contributed by atoms with E-state index >= 15 is 0 Å². The van der Waals surface area contributed by atoms with Crippen LogP contribution in [0.25, 0.3) is 0 Å². The van der Waals surface area contributed by atoms with Crippen molar-refractivity contribution in [3.63, 3.8) is 0 Å². The van der Waals surface area contributed by atoms with Gasteiger partial charge in [-0.05, 0) is 30.3 Å². The molecule has 3 rings (SSSR count). The van der Waals surface area contributed by atoms with Crippen molar-refractivity contribution in [3.05, 3.63) is 85.0 Å². The van der Waals surface area contributed by atoms with E-state index in [1.807, 2.05) is 0 Å². The molecule has 0 saturated heterocycles. The molecule has 0 aliphatic heterocycles. The number of carbonyl (C=O) groups excluding carboxylic acids is 1. The molecule has 25 heavy (non-hydrogen) atoms. The maximum Gasteiger partial charge on any atom is 0.328 e. The van der Waals surface area contributed by atoms with Crippen molar-refractivity contribution >= 4 is 34.8 Å². The Kier molecular flexibility index (Phi) is 4.78. The summed E-state index contributed by atoms with van der Waals surface area (Å²) < 4.78 is 6.00. The van der Waals surface area contributed by atoms with E-state index in [1.54, 1.807) is 18.2 Å². The number of aromatic amines is 1. The Morgan fingerprint density at radius 1 is 1.24 bits per heavy atom. The third-order valence-corrected chi connectivity index (χ3v) is 3.94. The van der Waals surface area contributed by atoms with Crippen LogP contribution in [0.2, 0.25) is 10.0 Å². The standard InChI is InChI=1S/C16H11Cl2N3O4/c17-9-3-4-12(18)13(6-9)20-14(22)11-7-19-16(24)21(15(11)23)8-10-2-1-5-25-10/h1-7H,8H2,(H,19,24)(H,20,22). The van der Waals surface area contributed by atoms with Crippen LogP contribution in [0.15, 0.2) is 56.8 Å². The van der Waals surface area contributed by atoms with Gasteiger partial charge in [0.2, 0.25) is 0 Å². The van der Waals surface area contributed by atoms with E-state index in [9.17, 15) is 14.4 Å². The maximum atomic E-state index is 12.5. The Hall–Kier alpha value is -2.77. The van der Waals surface area contributed by atoms with E-state index < -0.39 is 17.2 Å². The third kappa shape index (κ3) is 3.67. The second-order valence-corrected chi connectivity index (χ2v) is 5.90. The highest BCUT2D eigenvalue weighted by molar-refractivity contribution is 6.35. The summed E-state index contributed by atoms with van der Waals surface area (Å²) in [7, 11) is 0. The van der Waals surface area contributed by atoms with E-state index in [1.165, 1.54) is 18.4 Å². The second-order valence-electron chi connectivity index (χ2n) is 5.06. The highest BCUT2D eigenvalue weighted by Gasteiger charge is 2.17. The van der Waals surface area contributed by atoms with Gasteiger partial charge < -0.3 is 14.7 Å². The topological polar surface area (TPSA) is 97.1 Å². The first-order valence-corrected chi connectivity index (χ1v) is 7.82. The van der Waals surface area contributed by atoms with Crippen molar-refractivity contribution in [1.82, 2.24) is 9.55 Å². The van der Waals surface area contributed by atoms with Gasteiger partial charge in [0.05, 0.1) is 23.5 Å². The van der Waals surface area contributed by atoms with E-state index in [0.717, 1.165) is 10.8 Å². The number of hydrogen-bond acceptors (Lipinski definition) is 4. The Labute approximate surface area is 150 Å². The van der Waals surface area contributed by atoms with Gasteiger partial charge in [-0.25, -0.2) is 4.79 Å². The zero-order valence-electron chi connectivity index (χ0n) is 12.6. The minimum absolute atomic E-state index is 0.0970. The molecule has 0 spiro atoms. The molecule has 0 aliphatic carbocycles. The van der Waals surface area contributed by atoms with Crippen molar-refractivity contribution in [2.45, 2.75) is 6.54 Å².